The van der Waals surface area contributed by atoms with Crippen LogP contribution in [0.5, 0.6) is 5.75 Å². The number of aromatic nitrogens is 1. The largest absolute Gasteiger partial charge is 0.493 e. The van der Waals surface area contributed by atoms with Gasteiger partial charge in [-0.25, -0.2) is 0 Å². The summed E-state index contributed by atoms with van der Waals surface area (Å²) in [7, 11) is 0. The van der Waals surface area contributed by atoms with Crippen LogP contribution in [0.15, 0.2) is 91.1 Å². The van der Waals surface area contributed by atoms with E-state index < -0.39 is 0 Å². The third-order valence-corrected chi connectivity index (χ3v) is 5.48. The van der Waals surface area contributed by atoms with Crippen LogP contribution in [-0.4, -0.2) is 11.6 Å². The Kier molecular flexibility index (Phi) is 6.27. The number of pyridine rings is 1. The SMILES string of the molecule is CCOc1ccccc1-c1cc(-c2ccc(Nc3ccc(C(C)(C)C)cc3)cc2)ccn1. The van der Waals surface area contributed by atoms with Crippen molar-refractivity contribution in [3.05, 3.63) is 96.7 Å². The van der Waals surface area contributed by atoms with Gasteiger partial charge in [0.2, 0.25) is 0 Å². The zero-order valence-corrected chi connectivity index (χ0v) is 19.2. The van der Waals surface area contributed by atoms with Gasteiger partial charge >= 0.3 is 0 Å². The van der Waals surface area contributed by atoms with Gasteiger partial charge in [0.25, 0.3) is 0 Å². The van der Waals surface area contributed by atoms with Gasteiger partial charge in [0, 0.05) is 23.1 Å². The fraction of sp³-hybridized carbons (Fsp3) is 0.207. The van der Waals surface area contributed by atoms with Crippen molar-refractivity contribution in [1.82, 2.24) is 4.98 Å². The van der Waals surface area contributed by atoms with E-state index in [0.29, 0.717) is 6.61 Å². The molecule has 0 aliphatic rings. The molecule has 1 heterocycles. The number of hydrogen-bond acceptors (Lipinski definition) is 3. The van der Waals surface area contributed by atoms with Crippen LogP contribution >= 0.6 is 0 Å². The maximum Gasteiger partial charge on any atom is 0.128 e. The van der Waals surface area contributed by atoms with Crippen molar-refractivity contribution in [2.24, 2.45) is 0 Å². The number of rotatable bonds is 6. The van der Waals surface area contributed by atoms with E-state index >= 15 is 0 Å². The predicted octanol–water partition coefficient (Wildman–Crippen LogP) is 7.86. The minimum atomic E-state index is 0.159. The van der Waals surface area contributed by atoms with E-state index in [0.717, 1.165) is 39.5 Å². The van der Waals surface area contributed by atoms with E-state index in [2.05, 4.69) is 91.7 Å². The van der Waals surface area contributed by atoms with Gasteiger partial charge in [-0.15, -0.1) is 0 Å². The highest BCUT2D eigenvalue weighted by molar-refractivity contribution is 5.74. The van der Waals surface area contributed by atoms with Crippen LogP contribution in [0.1, 0.15) is 33.3 Å². The van der Waals surface area contributed by atoms with Gasteiger partial charge in [0.05, 0.1) is 12.3 Å². The van der Waals surface area contributed by atoms with Crippen molar-refractivity contribution < 1.29 is 4.74 Å². The monoisotopic (exact) mass is 422 g/mol. The van der Waals surface area contributed by atoms with Gasteiger partial charge in [0.15, 0.2) is 0 Å². The fourth-order valence-corrected chi connectivity index (χ4v) is 3.68. The molecule has 0 aliphatic carbocycles. The Labute approximate surface area is 191 Å². The fourth-order valence-electron chi connectivity index (χ4n) is 3.68. The normalized spacial score (nSPS) is 11.2. The van der Waals surface area contributed by atoms with Crippen LogP contribution in [0.4, 0.5) is 11.4 Å². The first-order valence-electron chi connectivity index (χ1n) is 11.1. The Morgan fingerprint density at radius 2 is 1.44 bits per heavy atom. The average Bonchev–Trinajstić information content (AvgIpc) is 2.80. The van der Waals surface area contributed by atoms with Crippen LogP contribution in [0, 0.1) is 0 Å². The third kappa shape index (κ3) is 5.00. The van der Waals surface area contributed by atoms with Crippen molar-refractivity contribution in [3.8, 4) is 28.1 Å². The van der Waals surface area contributed by atoms with Crippen molar-refractivity contribution >= 4 is 11.4 Å². The Bertz CT molecular complexity index is 1170. The standard InChI is InChI=1S/C29H30N2O/c1-5-32-28-9-7-6-8-26(28)27-20-22(18-19-30-27)21-10-14-24(15-11-21)31-25-16-12-23(13-17-25)29(2,3)4/h6-20,31H,5H2,1-4H3. The topological polar surface area (TPSA) is 34.1 Å². The molecule has 1 aromatic heterocycles. The second-order valence-corrected chi connectivity index (χ2v) is 8.89. The molecule has 32 heavy (non-hydrogen) atoms. The van der Waals surface area contributed by atoms with Gasteiger partial charge in [-0.3, -0.25) is 4.98 Å². The van der Waals surface area contributed by atoms with E-state index in [-0.39, 0.29) is 5.41 Å². The lowest BCUT2D eigenvalue weighted by atomic mass is 9.87. The second kappa shape index (κ2) is 9.27. The number of anilines is 2. The lowest BCUT2D eigenvalue weighted by molar-refractivity contribution is 0.341. The van der Waals surface area contributed by atoms with E-state index in [1.165, 1.54) is 5.56 Å². The first-order valence-corrected chi connectivity index (χ1v) is 11.1. The lowest BCUT2D eigenvalue weighted by Gasteiger charge is -2.19. The molecule has 0 fully saturated rings. The highest BCUT2D eigenvalue weighted by atomic mass is 16.5. The third-order valence-electron chi connectivity index (χ3n) is 5.48. The minimum absolute atomic E-state index is 0.159. The molecule has 0 radical (unpaired) electrons. The van der Waals surface area contributed by atoms with Gasteiger partial charge in [0.1, 0.15) is 5.75 Å². The molecule has 0 saturated heterocycles. The van der Waals surface area contributed by atoms with Crippen molar-refractivity contribution in [3.63, 3.8) is 0 Å². The second-order valence-electron chi connectivity index (χ2n) is 8.89. The molecule has 0 saturated carbocycles. The van der Waals surface area contributed by atoms with Crippen LogP contribution < -0.4 is 10.1 Å². The summed E-state index contributed by atoms with van der Waals surface area (Å²) in [6.07, 6.45) is 1.86. The van der Waals surface area contributed by atoms with E-state index in [1.807, 2.05) is 37.4 Å². The smallest absolute Gasteiger partial charge is 0.128 e. The molecule has 0 aliphatic heterocycles. The summed E-state index contributed by atoms with van der Waals surface area (Å²) in [4.78, 5) is 4.58. The molecular formula is C29H30N2O. The van der Waals surface area contributed by atoms with Gasteiger partial charge < -0.3 is 10.1 Å². The molecule has 0 spiro atoms. The number of nitrogens with one attached hydrogen (secondary N) is 1. The molecule has 0 amide bonds. The average molecular weight is 423 g/mol. The van der Waals surface area contributed by atoms with E-state index in [1.54, 1.807) is 0 Å². The summed E-state index contributed by atoms with van der Waals surface area (Å²) in [6, 6.07) is 29.4. The molecule has 4 aromatic rings. The van der Waals surface area contributed by atoms with E-state index in [4.69, 9.17) is 4.74 Å². The molecule has 0 unspecified atom stereocenters. The molecular weight excluding hydrogens is 392 g/mol. The summed E-state index contributed by atoms with van der Waals surface area (Å²) in [5.41, 5.74) is 7.84. The number of benzene rings is 3. The van der Waals surface area contributed by atoms with Crippen LogP contribution in [0.2, 0.25) is 0 Å². The Balaban J connectivity index is 1.53. The number of nitrogens with zero attached hydrogens (tertiary/aromatic N) is 1. The summed E-state index contributed by atoms with van der Waals surface area (Å²) >= 11 is 0. The zero-order chi connectivity index (χ0) is 22.6. The summed E-state index contributed by atoms with van der Waals surface area (Å²) in [5, 5.41) is 3.49. The molecule has 1 N–H and O–H groups in total. The number of hydrogen-bond donors (Lipinski definition) is 1. The van der Waals surface area contributed by atoms with Gasteiger partial charge in [-0.2, -0.15) is 0 Å². The Hall–Kier alpha value is -3.59. The molecule has 3 nitrogen and oxygen atoms in total. The van der Waals surface area contributed by atoms with Crippen molar-refractivity contribution in [2.45, 2.75) is 33.1 Å². The maximum absolute atomic E-state index is 5.79. The van der Waals surface area contributed by atoms with Gasteiger partial charge in [-0.05, 0) is 77.6 Å². The lowest BCUT2D eigenvalue weighted by Crippen LogP contribution is -2.10. The Morgan fingerprint density at radius 1 is 0.781 bits per heavy atom. The van der Waals surface area contributed by atoms with Crippen molar-refractivity contribution in [2.75, 3.05) is 11.9 Å². The quantitative estimate of drug-likeness (QED) is 0.343. The minimum Gasteiger partial charge on any atom is -0.493 e. The first kappa shape index (κ1) is 21.6. The highest BCUT2D eigenvalue weighted by Gasteiger charge is 2.13. The van der Waals surface area contributed by atoms with E-state index in [9.17, 15) is 0 Å². The molecule has 0 bridgehead atoms. The summed E-state index contributed by atoms with van der Waals surface area (Å²) < 4.78 is 5.79. The van der Waals surface area contributed by atoms with Crippen LogP contribution in [-0.2, 0) is 5.41 Å². The Morgan fingerprint density at radius 3 is 2.09 bits per heavy atom. The molecule has 162 valence electrons. The predicted molar refractivity (Wildman–Crippen MR) is 135 cm³/mol. The van der Waals surface area contributed by atoms with Crippen LogP contribution in [0.3, 0.4) is 0 Å². The van der Waals surface area contributed by atoms with Crippen molar-refractivity contribution in [1.29, 1.82) is 0 Å². The zero-order valence-electron chi connectivity index (χ0n) is 19.2. The molecule has 0 atom stereocenters. The number of ether oxygens (including phenoxy) is 1. The molecule has 4 rings (SSSR count). The molecule has 3 heteroatoms. The summed E-state index contributed by atoms with van der Waals surface area (Å²) in [5.74, 6) is 0.858. The maximum atomic E-state index is 5.79. The molecule has 3 aromatic carbocycles. The summed E-state index contributed by atoms with van der Waals surface area (Å²) in [6.45, 7) is 9.32. The first-order chi connectivity index (χ1) is 15.4. The number of para-hydroxylation sites is 1. The highest BCUT2D eigenvalue weighted by Crippen LogP contribution is 2.32. The van der Waals surface area contributed by atoms with Crippen LogP contribution in [0.25, 0.3) is 22.4 Å². The van der Waals surface area contributed by atoms with Gasteiger partial charge in [-0.1, -0.05) is 57.2 Å².